The molecule has 18 heavy (non-hydrogen) atoms. The van der Waals surface area contributed by atoms with Crippen molar-refractivity contribution in [1.82, 2.24) is 0 Å². The van der Waals surface area contributed by atoms with Gasteiger partial charge in [-0.25, -0.2) is 4.79 Å². The van der Waals surface area contributed by atoms with E-state index in [-0.39, 0.29) is 0 Å². The van der Waals surface area contributed by atoms with Crippen LogP contribution in [0.4, 0.5) is 0 Å². The van der Waals surface area contributed by atoms with Crippen molar-refractivity contribution in [3.8, 4) is 5.75 Å². The van der Waals surface area contributed by atoms with Crippen LogP contribution in [-0.4, -0.2) is 6.47 Å². The third-order valence-corrected chi connectivity index (χ3v) is 2.76. The van der Waals surface area contributed by atoms with Crippen LogP contribution in [0.15, 0.2) is 51.7 Å². The van der Waals surface area contributed by atoms with Crippen molar-refractivity contribution in [2.75, 3.05) is 0 Å². The Morgan fingerprint density at radius 3 is 2.72 bits per heavy atom. The van der Waals surface area contributed by atoms with Gasteiger partial charge in [-0.05, 0) is 17.5 Å². The van der Waals surface area contributed by atoms with Crippen LogP contribution < -0.4 is 10.4 Å². The Balaban J connectivity index is 2.53. The quantitative estimate of drug-likeness (QED) is 0.392. The predicted molar refractivity (Wildman–Crippen MR) is 66.7 cm³/mol. The molecule has 4 nitrogen and oxygen atoms in total. The highest BCUT2D eigenvalue weighted by Gasteiger charge is 2.10. The van der Waals surface area contributed by atoms with Crippen molar-refractivity contribution in [3.63, 3.8) is 0 Å². The van der Waals surface area contributed by atoms with E-state index in [1.165, 1.54) is 6.07 Å². The summed E-state index contributed by atoms with van der Waals surface area (Å²) in [6.45, 7) is 0.367. The summed E-state index contributed by atoms with van der Waals surface area (Å²) in [4.78, 5) is 21.8. The maximum atomic E-state index is 11.2. The lowest BCUT2D eigenvalue weighted by Crippen LogP contribution is -1.97. The number of ether oxygens (including phenoxy) is 1. The molecule has 3 aromatic rings. The number of fused-ring (bicyclic) bond motifs is 2. The molecule has 0 unspecified atom stereocenters. The van der Waals surface area contributed by atoms with Gasteiger partial charge in [-0.1, -0.05) is 24.3 Å². The second-order valence-electron chi connectivity index (χ2n) is 3.81. The highest BCUT2D eigenvalue weighted by molar-refractivity contribution is 6.03. The average molecular weight is 240 g/mol. The molecule has 2 aromatic carbocycles. The molecule has 0 bridgehead atoms. The monoisotopic (exact) mass is 240 g/mol. The summed E-state index contributed by atoms with van der Waals surface area (Å²) in [6, 6.07) is 12.1. The molecule has 1 aromatic heterocycles. The topological polar surface area (TPSA) is 56.5 Å². The van der Waals surface area contributed by atoms with Crippen molar-refractivity contribution in [1.29, 1.82) is 0 Å². The van der Waals surface area contributed by atoms with E-state index in [0.717, 1.165) is 10.8 Å². The van der Waals surface area contributed by atoms with Crippen LogP contribution in [0.3, 0.4) is 0 Å². The Labute approximate surface area is 101 Å². The SMILES string of the molecule is O=COc1c2ccccc2cc2oc(=O)ccc12. The molecule has 0 N–H and O–H groups in total. The molecule has 0 atom stereocenters. The average Bonchev–Trinajstić information content (AvgIpc) is 2.38. The lowest BCUT2D eigenvalue weighted by molar-refractivity contribution is -0.120. The minimum Gasteiger partial charge on any atom is -0.427 e. The fourth-order valence-corrected chi connectivity index (χ4v) is 2.02. The summed E-state index contributed by atoms with van der Waals surface area (Å²) in [5, 5.41) is 2.24. The van der Waals surface area contributed by atoms with Crippen molar-refractivity contribution in [3.05, 3.63) is 52.9 Å². The van der Waals surface area contributed by atoms with E-state index in [4.69, 9.17) is 9.15 Å². The summed E-state index contributed by atoms with van der Waals surface area (Å²) < 4.78 is 10.1. The zero-order chi connectivity index (χ0) is 12.5. The van der Waals surface area contributed by atoms with E-state index < -0.39 is 5.63 Å². The van der Waals surface area contributed by atoms with E-state index >= 15 is 0 Å². The van der Waals surface area contributed by atoms with Gasteiger partial charge in [0.15, 0.2) is 0 Å². The first kappa shape index (κ1) is 10.5. The van der Waals surface area contributed by atoms with E-state index in [1.807, 2.05) is 24.3 Å². The number of carbonyl (C=O) groups excluding carboxylic acids is 1. The molecule has 0 radical (unpaired) electrons. The second-order valence-corrected chi connectivity index (χ2v) is 3.81. The number of carbonyl (C=O) groups is 1. The summed E-state index contributed by atoms with van der Waals surface area (Å²) in [5.74, 6) is 0.404. The van der Waals surface area contributed by atoms with Crippen molar-refractivity contribution in [2.45, 2.75) is 0 Å². The summed E-state index contributed by atoms with van der Waals surface area (Å²) in [5.41, 5.74) is -0.0344. The maximum Gasteiger partial charge on any atom is 0.336 e. The zero-order valence-corrected chi connectivity index (χ0v) is 9.25. The van der Waals surface area contributed by atoms with Crippen LogP contribution >= 0.6 is 0 Å². The highest BCUT2D eigenvalue weighted by Crippen LogP contribution is 2.33. The van der Waals surface area contributed by atoms with Gasteiger partial charge >= 0.3 is 5.63 Å². The van der Waals surface area contributed by atoms with E-state index in [2.05, 4.69) is 0 Å². The van der Waals surface area contributed by atoms with Gasteiger partial charge in [0.05, 0.1) is 5.39 Å². The van der Waals surface area contributed by atoms with Gasteiger partial charge in [-0.2, -0.15) is 0 Å². The molecule has 0 saturated carbocycles. The standard InChI is InChI=1S/C14H8O4/c15-8-17-14-10-4-2-1-3-9(10)7-12-11(14)5-6-13(16)18-12/h1-8H. The van der Waals surface area contributed by atoms with Gasteiger partial charge < -0.3 is 9.15 Å². The normalized spacial score (nSPS) is 10.7. The fourth-order valence-electron chi connectivity index (χ4n) is 2.02. The molecule has 0 aliphatic heterocycles. The van der Waals surface area contributed by atoms with Gasteiger partial charge in [-0.15, -0.1) is 0 Å². The molecule has 4 heteroatoms. The molecule has 0 aliphatic carbocycles. The molecule has 0 amide bonds. The minimum absolute atomic E-state index is 0.367. The first-order chi connectivity index (χ1) is 8.79. The van der Waals surface area contributed by atoms with E-state index in [0.29, 0.717) is 23.2 Å². The molecule has 3 rings (SSSR count). The van der Waals surface area contributed by atoms with Gasteiger partial charge in [0.1, 0.15) is 11.3 Å². The van der Waals surface area contributed by atoms with Crippen LogP contribution in [0.5, 0.6) is 5.75 Å². The van der Waals surface area contributed by atoms with E-state index in [1.54, 1.807) is 12.1 Å². The van der Waals surface area contributed by atoms with Crippen molar-refractivity contribution >= 4 is 28.2 Å². The molecular formula is C14H8O4. The summed E-state index contributed by atoms with van der Waals surface area (Å²) >= 11 is 0. The smallest absolute Gasteiger partial charge is 0.336 e. The number of rotatable bonds is 2. The first-order valence-electron chi connectivity index (χ1n) is 5.35. The summed E-state index contributed by atoms with van der Waals surface area (Å²) in [6.07, 6.45) is 0. The van der Waals surface area contributed by atoms with Crippen LogP contribution in [0, 0.1) is 0 Å². The minimum atomic E-state index is -0.435. The number of hydrogen-bond donors (Lipinski definition) is 0. The molecule has 0 aliphatic rings. The third kappa shape index (κ3) is 1.55. The van der Waals surface area contributed by atoms with Crippen molar-refractivity contribution < 1.29 is 13.9 Å². The Morgan fingerprint density at radius 2 is 1.89 bits per heavy atom. The van der Waals surface area contributed by atoms with Crippen LogP contribution in [0.1, 0.15) is 0 Å². The zero-order valence-electron chi connectivity index (χ0n) is 9.25. The highest BCUT2D eigenvalue weighted by atomic mass is 16.5. The number of benzene rings is 2. The lowest BCUT2D eigenvalue weighted by Gasteiger charge is -2.07. The first-order valence-corrected chi connectivity index (χ1v) is 5.35. The Hall–Kier alpha value is -2.62. The van der Waals surface area contributed by atoms with Crippen LogP contribution in [0.2, 0.25) is 0 Å². The molecule has 0 saturated heterocycles. The molecule has 0 fully saturated rings. The van der Waals surface area contributed by atoms with Crippen LogP contribution in [-0.2, 0) is 4.79 Å². The molecule has 88 valence electrons. The van der Waals surface area contributed by atoms with Crippen LogP contribution in [0.25, 0.3) is 21.7 Å². The van der Waals surface area contributed by atoms with Gasteiger partial charge in [-0.3, -0.25) is 4.79 Å². The molecule has 0 spiro atoms. The van der Waals surface area contributed by atoms with Crippen molar-refractivity contribution in [2.24, 2.45) is 0 Å². The van der Waals surface area contributed by atoms with Gasteiger partial charge in [0.25, 0.3) is 6.47 Å². The van der Waals surface area contributed by atoms with E-state index in [9.17, 15) is 9.59 Å². The Morgan fingerprint density at radius 1 is 1.06 bits per heavy atom. The Kier molecular flexibility index (Phi) is 2.34. The predicted octanol–water partition coefficient (Wildman–Crippen LogP) is 2.48. The van der Waals surface area contributed by atoms with Gasteiger partial charge in [0, 0.05) is 11.5 Å². The molecular weight excluding hydrogens is 232 g/mol. The fraction of sp³-hybridized carbons (Fsp3) is 0. The molecule has 1 heterocycles. The lowest BCUT2D eigenvalue weighted by atomic mass is 10.1. The second kappa shape index (κ2) is 4.00. The Bertz CT molecular complexity index is 802. The van der Waals surface area contributed by atoms with Gasteiger partial charge in [0.2, 0.25) is 0 Å². The summed E-state index contributed by atoms with van der Waals surface area (Å²) in [7, 11) is 0. The third-order valence-electron chi connectivity index (χ3n) is 2.76. The largest absolute Gasteiger partial charge is 0.427 e. The number of hydrogen-bond acceptors (Lipinski definition) is 4. The maximum absolute atomic E-state index is 11.2.